The molecule has 1 rings (SSSR count). The Bertz CT molecular complexity index is 149. The van der Waals surface area contributed by atoms with E-state index in [2.05, 4.69) is 0 Å². The Hall–Kier alpha value is -0.0700. The van der Waals surface area contributed by atoms with Gasteiger partial charge in [-0.3, -0.25) is 0 Å². The summed E-state index contributed by atoms with van der Waals surface area (Å²) in [5.41, 5.74) is -1.21. The molecule has 0 aromatic carbocycles. The van der Waals surface area contributed by atoms with Gasteiger partial charge < -0.3 is 0 Å². The Kier molecular flexibility index (Phi) is 1.47. The fourth-order valence-electron chi connectivity index (χ4n) is 1.49. The van der Waals surface area contributed by atoms with Crippen LogP contribution in [0.5, 0.6) is 0 Å². The van der Waals surface area contributed by atoms with E-state index in [4.69, 9.17) is 1.37 Å². The normalized spacial score (nSPS) is 48.1. The minimum absolute atomic E-state index is 0.0117. The highest BCUT2D eigenvalue weighted by atomic mass is 19.1. The van der Waals surface area contributed by atoms with Crippen molar-refractivity contribution in [3.8, 4) is 0 Å². The highest BCUT2D eigenvalue weighted by Gasteiger charge is 2.58. The van der Waals surface area contributed by atoms with E-state index in [1.165, 1.54) is 0 Å². The molecule has 0 spiro atoms. The summed E-state index contributed by atoms with van der Waals surface area (Å²) in [6.45, 7) is 7.57. The van der Waals surface area contributed by atoms with Crippen molar-refractivity contribution in [2.24, 2.45) is 17.7 Å². The van der Waals surface area contributed by atoms with Crippen molar-refractivity contribution >= 4 is 0 Å². The van der Waals surface area contributed by atoms with Crippen molar-refractivity contribution in [1.29, 1.82) is 0 Å². The van der Waals surface area contributed by atoms with Gasteiger partial charge in [-0.05, 0) is 24.2 Å². The van der Waals surface area contributed by atoms with E-state index >= 15 is 0 Å². The van der Waals surface area contributed by atoms with Gasteiger partial charge in [-0.2, -0.15) is 0 Å². The largest absolute Gasteiger partial charge is 0.243 e. The molecule has 2 unspecified atom stereocenters. The zero-order valence-corrected chi connectivity index (χ0v) is 7.24. The molecule has 0 radical (unpaired) electrons. The van der Waals surface area contributed by atoms with Gasteiger partial charge in [0.1, 0.15) is 5.67 Å². The van der Waals surface area contributed by atoms with Gasteiger partial charge in [0, 0.05) is 1.37 Å². The highest BCUT2D eigenvalue weighted by Crippen LogP contribution is 2.55. The van der Waals surface area contributed by atoms with Gasteiger partial charge in [0.2, 0.25) is 0 Å². The SMILES string of the molecule is [2H]C1(C(C)C)CC1(F)C(C)C. The van der Waals surface area contributed by atoms with Crippen molar-refractivity contribution < 1.29 is 5.76 Å². The highest BCUT2D eigenvalue weighted by molar-refractivity contribution is 5.06. The first kappa shape index (κ1) is 6.63. The van der Waals surface area contributed by atoms with Crippen LogP contribution in [0.1, 0.15) is 35.5 Å². The third-order valence-corrected chi connectivity index (χ3v) is 2.47. The number of hydrogen-bond acceptors (Lipinski definition) is 0. The number of halogens is 1. The maximum atomic E-state index is 13.7. The Morgan fingerprint density at radius 2 is 2.00 bits per heavy atom. The molecule has 0 N–H and O–H groups in total. The zero-order valence-electron chi connectivity index (χ0n) is 8.24. The van der Waals surface area contributed by atoms with Gasteiger partial charge in [-0.1, -0.05) is 27.7 Å². The third kappa shape index (κ3) is 1.06. The van der Waals surface area contributed by atoms with Crippen molar-refractivity contribution in [2.75, 3.05) is 0 Å². The number of hydrogen-bond donors (Lipinski definition) is 0. The lowest BCUT2D eigenvalue weighted by Crippen LogP contribution is -2.15. The lowest BCUT2D eigenvalue weighted by Gasteiger charge is -2.13. The molecule has 0 saturated heterocycles. The Morgan fingerprint density at radius 3 is 2.10 bits per heavy atom. The fraction of sp³-hybridized carbons (Fsp3) is 1.00. The summed E-state index contributed by atoms with van der Waals surface area (Å²) in [6.07, 6.45) is 0.426. The summed E-state index contributed by atoms with van der Waals surface area (Å²) in [4.78, 5) is 0. The molecule has 1 heteroatoms. The standard InChI is InChI=1S/C9H17F/c1-6(2)8-5-9(8,10)7(3)4/h6-8H,5H2,1-4H3/i8D. The van der Waals surface area contributed by atoms with Crippen LogP contribution in [0, 0.1) is 17.7 Å². The molecule has 0 amide bonds. The quantitative estimate of drug-likeness (QED) is 0.560. The van der Waals surface area contributed by atoms with Crippen LogP contribution in [0.25, 0.3) is 0 Å². The summed E-state index contributed by atoms with van der Waals surface area (Å²) >= 11 is 0. The van der Waals surface area contributed by atoms with Crippen LogP contribution in [0.2, 0.25) is 0 Å². The molecule has 1 saturated carbocycles. The maximum Gasteiger partial charge on any atom is 0.116 e. The minimum Gasteiger partial charge on any atom is -0.243 e. The van der Waals surface area contributed by atoms with E-state index in [1.54, 1.807) is 0 Å². The van der Waals surface area contributed by atoms with Crippen molar-refractivity contribution in [1.82, 2.24) is 0 Å². The van der Waals surface area contributed by atoms with Gasteiger partial charge in [0.05, 0.1) is 0 Å². The van der Waals surface area contributed by atoms with Gasteiger partial charge in [-0.15, -0.1) is 0 Å². The van der Waals surface area contributed by atoms with Crippen LogP contribution in [0.4, 0.5) is 4.39 Å². The first-order valence-corrected chi connectivity index (χ1v) is 4.03. The van der Waals surface area contributed by atoms with Gasteiger partial charge in [-0.25, -0.2) is 4.39 Å². The number of rotatable bonds is 2. The second-order valence-electron chi connectivity index (χ2n) is 3.87. The fourth-order valence-corrected chi connectivity index (χ4v) is 1.49. The van der Waals surface area contributed by atoms with E-state index in [9.17, 15) is 4.39 Å². The molecule has 0 aliphatic heterocycles. The first-order chi connectivity index (χ1) is 4.84. The van der Waals surface area contributed by atoms with Crippen molar-refractivity contribution in [3.05, 3.63) is 0 Å². The van der Waals surface area contributed by atoms with Crippen LogP contribution in [-0.4, -0.2) is 5.67 Å². The molecule has 10 heavy (non-hydrogen) atoms. The third-order valence-electron chi connectivity index (χ3n) is 2.47. The molecular weight excluding hydrogens is 127 g/mol. The van der Waals surface area contributed by atoms with E-state index in [0.29, 0.717) is 6.42 Å². The van der Waals surface area contributed by atoms with Crippen LogP contribution >= 0.6 is 0 Å². The van der Waals surface area contributed by atoms with Crippen molar-refractivity contribution in [2.45, 2.75) is 39.8 Å². The molecule has 0 heterocycles. The molecule has 0 nitrogen and oxygen atoms in total. The van der Waals surface area contributed by atoms with Crippen LogP contribution < -0.4 is 0 Å². The molecule has 1 fully saturated rings. The maximum absolute atomic E-state index is 13.7. The predicted octanol–water partition coefficient (Wildman–Crippen LogP) is 3.03. The van der Waals surface area contributed by atoms with Crippen LogP contribution in [-0.2, 0) is 0 Å². The average molecular weight is 145 g/mol. The second-order valence-corrected chi connectivity index (χ2v) is 3.87. The average Bonchev–Trinajstić information content (AvgIpc) is 2.39. The van der Waals surface area contributed by atoms with E-state index < -0.39 is 11.6 Å². The molecule has 2 atom stereocenters. The Balaban J connectivity index is 2.71. The van der Waals surface area contributed by atoms with Crippen LogP contribution in [0.3, 0.4) is 0 Å². The molecule has 1 aliphatic carbocycles. The molecule has 1 aliphatic rings. The van der Waals surface area contributed by atoms with E-state index in [0.717, 1.165) is 0 Å². The molecule has 0 aromatic heterocycles. The molecule has 0 bridgehead atoms. The smallest absolute Gasteiger partial charge is 0.116 e. The molecule has 0 aromatic rings. The van der Waals surface area contributed by atoms with Gasteiger partial charge in [0.25, 0.3) is 0 Å². The summed E-state index contributed by atoms with van der Waals surface area (Å²) in [6, 6.07) is 0. The van der Waals surface area contributed by atoms with Gasteiger partial charge >= 0.3 is 0 Å². The topological polar surface area (TPSA) is 0 Å². The summed E-state index contributed by atoms with van der Waals surface area (Å²) in [5, 5.41) is 0. The lowest BCUT2D eigenvalue weighted by atomic mass is 9.99. The zero-order chi connectivity index (χ0) is 8.86. The summed E-state index contributed by atoms with van der Waals surface area (Å²) < 4.78 is 21.5. The number of alkyl halides is 1. The van der Waals surface area contributed by atoms with E-state index in [-0.39, 0.29) is 11.8 Å². The molecule has 60 valence electrons. The summed E-state index contributed by atoms with van der Waals surface area (Å²) in [5.74, 6) is -0.668. The Morgan fingerprint density at radius 1 is 1.50 bits per heavy atom. The summed E-state index contributed by atoms with van der Waals surface area (Å²) in [7, 11) is 0. The molecular formula is C9H17F. The lowest BCUT2D eigenvalue weighted by molar-refractivity contribution is 0.190. The first-order valence-electron chi connectivity index (χ1n) is 4.53. The van der Waals surface area contributed by atoms with Gasteiger partial charge in [0.15, 0.2) is 0 Å². The minimum atomic E-state index is -1.21. The van der Waals surface area contributed by atoms with E-state index in [1.807, 2.05) is 27.7 Å². The predicted molar refractivity (Wildman–Crippen MR) is 41.6 cm³/mol. The Labute approximate surface area is 64.2 Å². The monoisotopic (exact) mass is 145 g/mol. The van der Waals surface area contributed by atoms with Crippen LogP contribution in [0.15, 0.2) is 0 Å². The second kappa shape index (κ2) is 2.21. The van der Waals surface area contributed by atoms with Crippen molar-refractivity contribution in [3.63, 3.8) is 0 Å².